The van der Waals surface area contributed by atoms with Crippen LogP contribution in [0.25, 0.3) is 11.1 Å². The lowest BCUT2D eigenvalue weighted by Crippen LogP contribution is -2.29. The fraction of sp³-hybridized carbons (Fsp3) is 0.220. The highest BCUT2D eigenvalue weighted by atomic mass is 15.3. The van der Waals surface area contributed by atoms with Gasteiger partial charge in [0, 0.05) is 6.20 Å². The van der Waals surface area contributed by atoms with E-state index in [-0.39, 0.29) is 16.4 Å². The number of hydrogen-bond donors (Lipinski definition) is 0. The van der Waals surface area contributed by atoms with Crippen LogP contribution in [0.3, 0.4) is 0 Å². The summed E-state index contributed by atoms with van der Waals surface area (Å²) in [5, 5.41) is 32.6. The summed E-state index contributed by atoms with van der Waals surface area (Å²) in [6.07, 6.45) is 6.35. The third-order valence-electron chi connectivity index (χ3n) is 10.7. The number of hydrogen-bond acceptors (Lipinski definition) is 6. The van der Waals surface area contributed by atoms with E-state index in [0.29, 0.717) is 16.8 Å². The monoisotopic (exact) mass is 608 g/mol. The smallest absolute Gasteiger partial charge is 0.103 e. The maximum absolute atomic E-state index is 11.0. The van der Waals surface area contributed by atoms with Gasteiger partial charge in [0.25, 0.3) is 0 Å². The van der Waals surface area contributed by atoms with Crippen LogP contribution in [0, 0.1) is 47.8 Å². The molecule has 1 aliphatic heterocycles. The number of anilines is 6. The molecule has 3 aliphatic rings. The van der Waals surface area contributed by atoms with Crippen molar-refractivity contribution < 1.29 is 0 Å². The van der Waals surface area contributed by atoms with Crippen molar-refractivity contribution in [1.82, 2.24) is 4.98 Å². The van der Waals surface area contributed by atoms with Gasteiger partial charge in [0.05, 0.1) is 57.0 Å². The second kappa shape index (κ2) is 10.1. The van der Waals surface area contributed by atoms with Crippen LogP contribution in [0.4, 0.5) is 34.1 Å². The topological polar surface area (TPSA) is 90.7 Å². The molecule has 1 saturated carbocycles. The lowest BCUT2D eigenvalue weighted by atomic mass is 9.72. The maximum Gasteiger partial charge on any atom is 0.103 e. The second-order valence-corrected chi connectivity index (χ2v) is 13.7. The SMILES string of the molecule is Cc1cccc(C)c1N1c2cnccc2N(c2c(C#N)c(C#N)c3c(c2C#N)C2(C)CCC3(C)C2)c2ccc(-c3ccccc3)cc21. The van der Waals surface area contributed by atoms with E-state index in [1.54, 1.807) is 6.20 Å². The van der Waals surface area contributed by atoms with Crippen molar-refractivity contribution in [2.75, 3.05) is 9.80 Å². The summed E-state index contributed by atoms with van der Waals surface area (Å²) >= 11 is 0. The van der Waals surface area contributed by atoms with Gasteiger partial charge in [-0.1, -0.05) is 68.4 Å². The Morgan fingerprint density at radius 3 is 1.89 bits per heavy atom. The van der Waals surface area contributed by atoms with Crippen LogP contribution in [0.15, 0.2) is 85.2 Å². The average molecular weight is 609 g/mol. The van der Waals surface area contributed by atoms with E-state index in [1.165, 1.54) is 0 Å². The quantitative estimate of drug-likeness (QED) is 0.199. The van der Waals surface area contributed by atoms with Crippen molar-refractivity contribution in [3.05, 3.63) is 124 Å². The standard InChI is InChI=1S/C41H32N6/c1-25-9-8-10-26(2)38(25)47-34-19-28(27-11-6-5-7-12-27)13-14-32(34)46(33-15-18-45-23-35(33)47)39-30(21-43)29(20-42)36-37(31(39)22-44)41(4)17-16-40(36,3)24-41/h5-15,18-19,23H,16-17,24H2,1-4H3. The number of para-hydroxylation sites is 1. The first kappa shape index (κ1) is 28.6. The van der Waals surface area contributed by atoms with Crippen LogP contribution >= 0.6 is 0 Å². The molecule has 2 heterocycles. The first-order valence-corrected chi connectivity index (χ1v) is 16.0. The van der Waals surface area contributed by atoms with E-state index in [4.69, 9.17) is 0 Å². The normalized spacial score (nSPS) is 20.1. The number of benzene rings is 4. The lowest BCUT2D eigenvalue weighted by Gasteiger charge is -2.42. The van der Waals surface area contributed by atoms with Crippen LogP contribution in [0.5, 0.6) is 0 Å². The van der Waals surface area contributed by atoms with Gasteiger partial charge in [-0.05, 0) is 95.5 Å². The molecular weight excluding hydrogens is 576 g/mol. The van der Waals surface area contributed by atoms with Crippen molar-refractivity contribution in [2.45, 2.75) is 57.8 Å². The van der Waals surface area contributed by atoms with Gasteiger partial charge < -0.3 is 9.80 Å². The Labute approximate surface area is 275 Å². The molecule has 1 aromatic heterocycles. The predicted octanol–water partition coefficient (Wildman–Crippen LogP) is 9.95. The molecule has 0 saturated heterocycles. The van der Waals surface area contributed by atoms with E-state index in [1.807, 2.05) is 35.4 Å². The molecule has 0 N–H and O–H groups in total. The number of nitriles is 3. The van der Waals surface area contributed by atoms with Gasteiger partial charge in [0.1, 0.15) is 18.2 Å². The van der Waals surface area contributed by atoms with Crippen LogP contribution in [0.1, 0.15) is 72.1 Å². The zero-order valence-electron chi connectivity index (χ0n) is 26.9. The number of rotatable bonds is 3. The Hall–Kier alpha value is -5.90. The Kier molecular flexibility index (Phi) is 6.11. The van der Waals surface area contributed by atoms with Crippen molar-refractivity contribution >= 4 is 34.1 Å². The number of nitrogens with zero attached hydrogens (tertiary/aromatic N) is 6. The highest BCUT2D eigenvalue weighted by Gasteiger charge is 2.57. The molecule has 5 aromatic rings. The molecule has 2 aliphatic carbocycles. The molecule has 8 rings (SSSR count). The molecule has 0 amide bonds. The van der Waals surface area contributed by atoms with Gasteiger partial charge in [0.2, 0.25) is 0 Å². The lowest BCUT2D eigenvalue weighted by molar-refractivity contribution is 0.483. The number of aromatic nitrogens is 1. The number of aryl methyl sites for hydroxylation is 2. The summed E-state index contributed by atoms with van der Waals surface area (Å²) in [4.78, 5) is 8.89. The number of pyridine rings is 1. The van der Waals surface area contributed by atoms with E-state index >= 15 is 0 Å². The zero-order valence-corrected chi connectivity index (χ0v) is 26.9. The van der Waals surface area contributed by atoms with Crippen molar-refractivity contribution in [3.8, 4) is 29.3 Å². The molecule has 2 atom stereocenters. The molecule has 226 valence electrons. The van der Waals surface area contributed by atoms with Gasteiger partial charge in [-0.15, -0.1) is 0 Å². The van der Waals surface area contributed by atoms with E-state index in [9.17, 15) is 15.8 Å². The van der Waals surface area contributed by atoms with Crippen molar-refractivity contribution in [1.29, 1.82) is 15.8 Å². The van der Waals surface area contributed by atoms with Crippen LogP contribution < -0.4 is 9.80 Å². The second-order valence-electron chi connectivity index (χ2n) is 13.7. The Morgan fingerprint density at radius 2 is 1.23 bits per heavy atom. The van der Waals surface area contributed by atoms with E-state index in [2.05, 4.69) is 104 Å². The molecule has 2 unspecified atom stereocenters. The third kappa shape index (κ3) is 3.84. The van der Waals surface area contributed by atoms with E-state index < -0.39 is 0 Å². The maximum atomic E-state index is 11.0. The fourth-order valence-corrected chi connectivity index (χ4v) is 8.86. The minimum absolute atomic E-state index is 0.240. The Balaban J connectivity index is 1.51. The molecule has 47 heavy (non-hydrogen) atoms. The summed E-state index contributed by atoms with van der Waals surface area (Å²) in [5.41, 5.74) is 11.7. The first-order valence-electron chi connectivity index (χ1n) is 16.0. The Bertz CT molecular complexity index is 2260. The van der Waals surface area contributed by atoms with Gasteiger partial charge >= 0.3 is 0 Å². The zero-order chi connectivity index (χ0) is 32.7. The van der Waals surface area contributed by atoms with Crippen molar-refractivity contribution in [3.63, 3.8) is 0 Å². The van der Waals surface area contributed by atoms with Gasteiger partial charge in [-0.3, -0.25) is 4.98 Å². The summed E-state index contributed by atoms with van der Waals surface area (Å²) in [6.45, 7) is 8.64. The molecule has 0 spiro atoms. The summed E-state index contributed by atoms with van der Waals surface area (Å²) in [7, 11) is 0. The molecule has 0 radical (unpaired) electrons. The molecular formula is C41H32N6. The highest BCUT2D eigenvalue weighted by Crippen LogP contribution is 2.65. The Morgan fingerprint density at radius 1 is 0.617 bits per heavy atom. The minimum atomic E-state index is -0.245. The highest BCUT2D eigenvalue weighted by molar-refractivity contribution is 6.05. The molecule has 6 heteroatoms. The summed E-state index contributed by atoms with van der Waals surface area (Å²) < 4.78 is 0. The first-order chi connectivity index (χ1) is 22.7. The van der Waals surface area contributed by atoms with Crippen LogP contribution in [-0.4, -0.2) is 4.98 Å². The minimum Gasteiger partial charge on any atom is -0.304 e. The van der Waals surface area contributed by atoms with Gasteiger partial charge in [0.15, 0.2) is 0 Å². The summed E-state index contributed by atoms with van der Waals surface area (Å²) in [5.74, 6) is 0. The molecule has 6 nitrogen and oxygen atoms in total. The third-order valence-corrected chi connectivity index (χ3v) is 10.7. The van der Waals surface area contributed by atoms with Crippen molar-refractivity contribution in [2.24, 2.45) is 0 Å². The van der Waals surface area contributed by atoms with E-state index in [0.717, 1.165) is 81.1 Å². The molecule has 2 bridgehead atoms. The van der Waals surface area contributed by atoms with Gasteiger partial charge in [-0.2, -0.15) is 15.8 Å². The predicted molar refractivity (Wildman–Crippen MR) is 185 cm³/mol. The largest absolute Gasteiger partial charge is 0.304 e. The number of fused-ring (bicyclic) bond motifs is 7. The molecule has 4 aromatic carbocycles. The average Bonchev–Trinajstić information content (AvgIpc) is 3.53. The van der Waals surface area contributed by atoms with Gasteiger partial charge in [-0.25, -0.2) is 0 Å². The molecule has 1 fully saturated rings. The van der Waals surface area contributed by atoms with Crippen LogP contribution in [-0.2, 0) is 10.8 Å². The summed E-state index contributed by atoms with van der Waals surface area (Å²) in [6, 6.07) is 32.3. The fourth-order valence-electron chi connectivity index (χ4n) is 8.86. The van der Waals surface area contributed by atoms with Crippen LogP contribution in [0.2, 0.25) is 0 Å².